The largest absolute Gasteiger partial charge is 0.493 e. The van der Waals surface area contributed by atoms with Crippen molar-refractivity contribution in [3.8, 4) is 5.75 Å². The van der Waals surface area contributed by atoms with Crippen LogP contribution >= 0.6 is 15.9 Å². The van der Waals surface area contributed by atoms with Crippen LogP contribution in [0.4, 0.5) is 0 Å². The molecule has 0 bridgehead atoms. The normalized spacial score (nSPS) is 29.3. The van der Waals surface area contributed by atoms with Crippen molar-refractivity contribution in [2.75, 3.05) is 6.61 Å². The second-order valence-electron chi connectivity index (χ2n) is 6.52. The molecule has 1 aromatic rings. The second kappa shape index (κ2) is 7.15. The van der Waals surface area contributed by atoms with Gasteiger partial charge in [-0.1, -0.05) is 35.3 Å². The van der Waals surface area contributed by atoms with Crippen LogP contribution in [0.3, 0.4) is 0 Å². The van der Waals surface area contributed by atoms with Gasteiger partial charge < -0.3 is 10.1 Å². The summed E-state index contributed by atoms with van der Waals surface area (Å²) in [6.45, 7) is 3.17. The quantitative estimate of drug-likeness (QED) is 0.805. The summed E-state index contributed by atoms with van der Waals surface area (Å²) in [5.74, 6) is 2.02. The Bertz CT molecular complexity index is 468. The summed E-state index contributed by atoms with van der Waals surface area (Å²) in [7, 11) is 0. The Labute approximate surface area is 136 Å². The first-order valence-corrected chi connectivity index (χ1v) is 9.24. The molecule has 1 aliphatic heterocycles. The molecule has 1 saturated carbocycles. The summed E-state index contributed by atoms with van der Waals surface area (Å²) in [4.78, 5) is 0. The number of hydrogen-bond acceptors (Lipinski definition) is 2. The van der Waals surface area contributed by atoms with Crippen LogP contribution in [0.5, 0.6) is 5.75 Å². The summed E-state index contributed by atoms with van der Waals surface area (Å²) in [6, 6.07) is 7.62. The van der Waals surface area contributed by atoms with Crippen LogP contribution in [0.2, 0.25) is 0 Å². The molecule has 0 spiro atoms. The van der Waals surface area contributed by atoms with Crippen molar-refractivity contribution in [1.29, 1.82) is 0 Å². The van der Waals surface area contributed by atoms with E-state index in [2.05, 4.69) is 46.4 Å². The Hall–Kier alpha value is -0.540. The van der Waals surface area contributed by atoms with Crippen LogP contribution < -0.4 is 10.1 Å². The molecule has 0 saturated heterocycles. The van der Waals surface area contributed by atoms with Gasteiger partial charge >= 0.3 is 0 Å². The standard InChI is InChI=1S/C18H26BrNO/c1-2-13-5-8-15(9-6-13)20-17-4-3-11-21-18-12-14(19)7-10-16(17)18/h7,10,12-13,15,17,20H,2-6,8-9,11H2,1H3. The highest BCUT2D eigenvalue weighted by Crippen LogP contribution is 2.35. The lowest BCUT2D eigenvalue weighted by Crippen LogP contribution is -2.35. The zero-order valence-electron chi connectivity index (χ0n) is 12.9. The maximum atomic E-state index is 5.91. The third kappa shape index (κ3) is 3.81. The van der Waals surface area contributed by atoms with Gasteiger partial charge in [0.2, 0.25) is 0 Å². The topological polar surface area (TPSA) is 21.3 Å². The van der Waals surface area contributed by atoms with Crippen molar-refractivity contribution in [1.82, 2.24) is 5.32 Å². The van der Waals surface area contributed by atoms with Crippen LogP contribution in [0.15, 0.2) is 22.7 Å². The average molecular weight is 352 g/mol. The summed E-state index contributed by atoms with van der Waals surface area (Å²) in [5, 5.41) is 3.92. The Morgan fingerprint density at radius 3 is 2.76 bits per heavy atom. The van der Waals surface area contributed by atoms with E-state index >= 15 is 0 Å². The molecule has 0 amide bonds. The molecule has 1 atom stereocenters. The third-order valence-electron chi connectivity index (χ3n) is 5.11. The van der Waals surface area contributed by atoms with Crippen LogP contribution in [0.25, 0.3) is 0 Å². The van der Waals surface area contributed by atoms with E-state index in [0.29, 0.717) is 12.1 Å². The van der Waals surface area contributed by atoms with Crippen LogP contribution in [0, 0.1) is 5.92 Å². The Morgan fingerprint density at radius 1 is 1.19 bits per heavy atom. The molecule has 0 aromatic heterocycles. The molecule has 3 rings (SSSR count). The van der Waals surface area contributed by atoms with Crippen LogP contribution in [-0.4, -0.2) is 12.6 Å². The maximum absolute atomic E-state index is 5.91. The fraction of sp³-hybridized carbons (Fsp3) is 0.667. The van der Waals surface area contributed by atoms with E-state index in [1.54, 1.807) is 0 Å². The van der Waals surface area contributed by atoms with Gasteiger partial charge in [0.25, 0.3) is 0 Å². The number of hydrogen-bond donors (Lipinski definition) is 1. The first kappa shape index (κ1) is 15.4. The molecule has 3 heteroatoms. The smallest absolute Gasteiger partial charge is 0.125 e. The molecule has 1 aliphatic carbocycles. The predicted octanol–water partition coefficient (Wildman–Crippen LogP) is 5.22. The van der Waals surface area contributed by atoms with Crippen molar-refractivity contribution >= 4 is 15.9 Å². The van der Waals surface area contributed by atoms with E-state index < -0.39 is 0 Å². The lowest BCUT2D eigenvalue weighted by Gasteiger charge is -2.32. The summed E-state index contributed by atoms with van der Waals surface area (Å²) in [5.41, 5.74) is 1.34. The summed E-state index contributed by atoms with van der Waals surface area (Å²) in [6.07, 6.45) is 9.12. The highest BCUT2D eigenvalue weighted by molar-refractivity contribution is 9.10. The number of fused-ring (bicyclic) bond motifs is 1. The molecule has 1 heterocycles. The highest BCUT2D eigenvalue weighted by Gasteiger charge is 2.25. The number of halogens is 1. The van der Waals surface area contributed by atoms with Gasteiger partial charge in [0.1, 0.15) is 5.75 Å². The van der Waals surface area contributed by atoms with E-state index in [4.69, 9.17) is 4.74 Å². The van der Waals surface area contributed by atoms with Gasteiger partial charge in [-0.25, -0.2) is 0 Å². The molecule has 0 radical (unpaired) electrons. The number of rotatable bonds is 3. The van der Waals surface area contributed by atoms with Gasteiger partial charge in [-0.05, 0) is 56.6 Å². The fourth-order valence-electron chi connectivity index (χ4n) is 3.74. The van der Waals surface area contributed by atoms with Gasteiger partial charge in [-0.15, -0.1) is 0 Å². The first-order chi connectivity index (χ1) is 10.3. The maximum Gasteiger partial charge on any atom is 0.125 e. The summed E-state index contributed by atoms with van der Waals surface area (Å²) < 4.78 is 7.02. The molecular formula is C18H26BrNO. The van der Waals surface area contributed by atoms with Crippen LogP contribution in [0.1, 0.15) is 63.5 Å². The zero-order chi connectivity index (χ0) is 14.7. The lowest BCUT2D eigenvalue weighted by atomic mass is 9.84. The first-order valence-electron chi connectivity index (χ1n) is 8.44. The van der Waals surface area contributed by atoms with Crippen molar-refractivity contribution in [3.05, 3.63) is 28.2 Å². The van der Waals surface area contributed by atoms with E-state index in [9.17, 15) is 0 Å². The summed E-state index contributed by atoms with van der Waals surface area (Å²) >= 11 is 3.55. The van der Waals surface area contributed by atoms with Gasteiger partial charge in [-0.3, -0.25) is 0 Å². The Morgan fingerprint density at radius 2 is 2.00 bits per heavy atom. The van der Waals surface area contributed by atoms with Crippen molar-refractivity contribution in [2.45, 2.75) is 64.0 Å². The van der Waals surface area contributed by atoms with Gasteiger partial charge in [-0.2, -0.15) is 0 Å². The Kier molecular flexibility index (Phi) is 5.23. The van der Waals surface area contributed by atoms with E-state index in [0.717, 1.165) is 29.2 Å². The lowest BCUT2D eigenvalue weighted by molar-refractivity contribution is 0.264. The molecule has 1 fully saturated rings. The fourth-order valence-corrected chi connectivity index (χ4v) is 4.08. The van der Waals surface area contributed by atoms with Crippen LogP contribution in [-0.2, 0) is 0 Å². The molecule has 21 heavy (non-hydrogen) atoms. The monoisotopic (exact) mass is 351 g/mol. The number of benzene rings is 1. The molecule has 116 valence electrons. The number of ether oxygens (including phenoxy) is 1. The predicted molar refractivity (Wildman–Crippen MR) is 90.8 cm³/mol. The third-order valence-corrected chi connectivity index (χ3v) is 5.60. The molecule has 1 aromatic carbocycles. The number of nitrogens with one attached hydrogen (secondary N) is 1. The molecular weight excluding hydrogens is 326 g/mol. The van der Waals surface area contributed by atoms with E-state index in [-0.39, 0.29) is 0 Å². The highest BCUT2D eigenvalue weighted by atomic mass is 79.9. The second-order valence-corrected chi connectivity index (χ2v) is 7.43. The zero-order valence-corrected chi connectivity index (χ0v) is 14.5. The molecule has 1 N–H and O–H groups in total. The van der Waals surface area contributed by atoms with E-state index in [1.807, 2.05) is 0 Å². The van der Waals surface area contributed by atoms with Crippen molar-refractivity contribution in [3.63, 3.8) is 0 Å². The molecule has 2 nitrogen and oxygen atoms in total. The minimum absolute atomic E-state index is 0.457. The minimum Gasteiger partial charge on any atom is -0.493 e. The molecule has 1 unspecified atom stereocenters. The van der Waals surface area contributed by atoms with E-state index in [1.165, 1.54) is 44.1 Å². The van der Waals surface area contributed by atoms with Gasteiger partial charge in [0, 0.05) is 22.1 Å². The van der Waals surface area contributed by atoms with Gasteiger partial charge in [0.15, 0.2) is 0 Å². The molecule has 2 aliphatic rings. The minimum atomic E-state index is 0.457. The SMILES string of the molecule is CCC1CCC(NC2CCCOc3cc(Br)ccc32)CC1. The van der Waals surface area contributed by atoms with Gasteiger partial charge in [0.05, 0.1) is 6.61 Å². The Balaban J connectivity index is 1.68. The average Bonchev–Trinajstić information content (AvgIpc) is 2.70. The van der Waals surface area contributed by atoms with Crippen molar-refractivity contribution < 1.29 is 4.74 Å². The van der Waals surface area contributed by atoms with Crippen molar-refractivity contribution in [2.24, 2.45) is 5.92 Å².